The van der Waals surface area contributed by atoms with E-state index >= 15 is 0 Å². The monoisotopic (exact) mass is 313 g/mol. The zero-order chi connectivity index (χ0) is 14.0. The first kappa shape index (κ1) is 17.0. The molecule has 2 aromatic rings. The Morgan fingerprint density at radius 3 is 2.40 bits per heavy atom. The van der Waals surface area contributed by atoms with E-state index in [-0.39, 0.29) is 18.4 Å². The highest BCUT2D eigenvalue weighted by Crippen LogP contribution is 2.25. The summed E-state index contributed by atoms with van der Waals surface area (Å²) in [5.74, 6) is 0. The molecule has 0 fully saturated rings. The third-order valence-electron chi connectivity index (χ3n) is 3.39. The number of aromatic nitrogens is 2. The minimum atomic E-state index is 0. The third-order valence-corrected chi connectivity index (χ3v) is 3.78. The standard InChI is InChI=1S/C15H20ClN3.ClH/c1-4-12(17)9-14-11(3)18-19(15(14)16)13-7-5-10(2)6-8-13;/h5-8,12H,4,9,17H2,1-3H3;1H. The van der Waals surface area contributed by atoms with Crippen LogP contribution in [0.5, 0.6) is 0 Å². The Morgan fingerprint density at radius 2 is 1.85 bits per heavy atom. The van der Waals surface area contributed by atoms with Crippen molar-refractivity contribution in [2.24, 2.45) is 5.73 Å². The second-order valence-corrected chi connectivity index (χ2v) is 5.33. The molecule has 0 saturated carbocycles. The minimum Gasteiger partial charge on any atom is -0.327 e. The fourth-order valence-corrected chi connectivity index (χ4v) is 2.38. The molecule has 0 aliphatic rings. The van der Waals surface area contributed by atoms with Crippen molar-refractivity contribution < 1.29 is 0 Å². The molecule has 1 aromatic carbocycles. The van der Waals surface area contributed by atoms with Crippen LogP contribution in [0.2, 0.25) is 5.15 Å². The summed E-state index contributed by atoms with van der Waals surface area (Å²) in [5.41, 5.74) is 10.2. The number of halogens is 2. The molecule has 3 nitrogen and oxygen atoms in total. The van der Waals surface area contributed by atoms with Crippen LogP contribution in [0.3, 0.4) is 0 Å². The van der Waals surface area contributed by atoms with Gasteiger partial charge in [-0.05, 0) is 38.8 Å². The van der Waals surface area contributed by atoms with Gasteiger partial charge in [0, 0.05) is 11.6 Å². The van der Waals surface area contributed by atoms with Crippen molar-refractivity contribution in [3.8, 4) is 5.69 Å². The van der Waals surface area contributed by atoms with E-state index in [4.69, 9.17) is 17.3 Å². The maximum absolute atomic E-state index is 6.45. The molecule has 1 atom stereocenters. The van der Waals surface area contributed by atoms with Gasteiger partial charge in [0.25, 0.3) is 0 Å². The molecule has 0 radical (unpaired) electrons. The topological polar surface area (TPSA) is 43.8 Å². The Labute approximate surface area is 131 Å². The van der Waals surface area contributed by atoms with E-state index in [1.165, 1.54) is 5.56 Å². The van der Waals surface area contributed by atoms with E-state index in [0.29, 0.717) is 5.15 Å². The lowest BCUT2D eigenvalue weighted by Crippen LogP contribution is -2.21. The highest BCUT2D eigenvalue weighted by atomic mass is 35.5. The summed E-state index contributed by atoms with van der Waals surface area (Å²) in [7, 11) is 0. The van der Waals surface area contributed by atoms with Crippen LogP contribution in [0, 0.1) is 13.8 Å². The van der Waals surface area contributed by atoms with Crippen LogP contribution in [-0.4, -0.2) is 15.8 Å². The highest BCUT2D eigenvalue weighted by Gasteiger charge is 2.16. The average Bonchev–Trinajstić information content (AvgIpc) is 2.67. The predicted molar refractivity (Wildman–Crippen MR) is 87.3 cm³/mol. The fraction of sp³-hybridized carbons (Fsp3) is 0.400. The van der Waals surface area contributed by atoms with Gasteiger partial charge in [0.1, 0.15) is 5.15 Å². The Bertz CT molecular complexity index is 561. The molecular weight excluding hydrogens is 293 g/mol. The Hall–Kier alpha value is -1.03. The Balaban J connectivity index is 0.00000200. The first-order valence-corrected chi connectivity index (χ1v) is 6.97. The van der Waals surface area contributed by atoms with Gasteiger partial charge in [-0.3, -0.25) is 0 Å². The number of nitrogens with zero attached hydrogens (tertiary/aromatic N) is 2. The van der Waals surface area contributed by atoms with Gasteiger partial charge in [0.15, 0.2) is 0 Å². The van der Waals surface area contributed by atoms with Gasteiger partial charge in [-0.15, -0.1) is 12.4 Å². The lowest BCUT2D eigenvalue weighted by atomic mass is 10.1. The minimum absolute atomic E-state index is 0. The molecule has 20 heavy (non-hydrogen) atoms. The summed E-state index contributed by atoms with van der Waals surface area (Å²) >= 11 is 6.45. The van der Waals surface area contributed by atoms with Gasteiger partial charge >= 0.3 is 0 Å². The molecule has 1 heterocycles. The number of hydrogen-bond acceptors (Lipinski definition) is 2. The summed E-state index contributed by atoms with van der Waals surface area (Å²) < 4.78 is 1.79. The van der Waals surface area contributed by atoms with E-state index in [0.717, 1.165) is 29.8 Å². The molecule has 0 aliphatic heterocycles. The van der Waals surface area contributed by atoms with E-state index in [9.17, 15) is 0 Å². The van der Waals surface area contributed by atoms with Gasteiger partial charge in [-0.2, -0.15) is 5.10 Å². The second-order valence-electron chi connectivity index (χ2n) is 4.97. The molecule has 0 amide bonds. The zero-order valence-corrected chi connectivity index (χ0v) is 13.6. The number of rotatable bonds is 4. The second kappa shape index (κ2) is 7.11. The smallest absolute Gasteiger partial charge is 0.136 e. The van der Waals surface area contributed by atoms with Gasteiger partial charge < -0.3 is 5.73 Å². The molecule has 1 unspecified atom stereocenters. The lowest BCUT2D eigenvalue weighted by molar-refractivity contribution is 0.644. The number of benzene rings is 1. The van der Waals surface area contributed by atoms with Crippen molar-refractivity contribution in [1.82, 2.24) is 9.78 Å². The largest absolute Gasteiger partial charge is 0.327 e. The van der Waals surface area contributed by atoms with Crippen molar-refractivity contribution in [2.45, 2.75) is 39.7 Å². The molecule has 5 heteroatoms. The summed E-state index contributed by atoms with van der Waals surface area (Å²) in [6.45, 7) is 6.12. The maximum Gasteiger partial charge on any atom is 0.136 e. The Morgan fingerprint density at radius 1 is 1.25 bits per heavy atom. The first-order valence-electron chi connectivity index (χ1n) is 6.59. The molecule has 1 aromatic heterocycles. The molecule has 110 valence electrons. The fourth-order valence-electron chi connectivity index (χ4n) is 2.03. The van der Waals surface area contributed by atoms with E-state index in [1.807, 2.05) is 19.1 Å². The van der Waals surface area contributed by atoms with Crippen molar-refractivity contribution in [3.63, 3.8) is 0 Å². The van der Waals surface area contributed by atoms with Crippen LogP contribution in [0.4, 0.5) is 0 Å². The first-order chi connectivity index (χ1) is 9.02. The average molecular weight is 314 g/mol. The normalized spacial score (nSPS) is 12.1. The Kier molecular flexibility index (Phi) is 6.06. The van der Waals surface area contributed by atoms with Crippen LogP contribution in [0.15, 0.2) is 24.3 Å². The number of aryl methyl sites for hydroxylation is 2. The van der Waals surface area contributed by atoms with Crippen LogP contribution >= 0.6 is 24.0 Å². The number of nitrogens with two attached hydrogens (primary N) is 1. The van der Waals surface area contributed by atoms with Gasteiger partial charge in [-0.1, -0.05) is 36.2 Å². The van der Waals surface area contributed by atoms with Crippen LogP contribution in [-0.2, 0) is 6.42 Å². The molecule has 0 aliphatic carbocycles. The van der Waals surface area contributed by atoms with Crippen molar-refractivity contribution >= 4 is 24.0 Å². The van der Waals surface area contributed by atoms with Gasteiger partial charge in [-0.25, -0.2) is 4.68 Å². The predicted octanol–water partition coefficient (Wildman–Crippen LogP) is 3.84. The zero-order valence-electron chi connectivity index (χ0n) is 12.1. The van der Waals surface area contributed by atoms with Crippen LogP contribution < -0.4 is 5.73 Å². The summed E-state index contributed by atoms with van der Waals surface area (Å²) in [4.78, 5) is 0. The molecule has 2 rings (SSSR count). The van der Waals surface area contributed by atoms with Gasteiger partial charge in [0.05, 0.1) is 11.4 Å². The molecule has 0 saturated heterocycles. The quantitative estimate of drug-likeness (QED) is 0.931. The maximum atomic E-state index is 6.45. The van der Waals surface area contributed by atoms with E-state index in [1.54, 1.807) is 4.68 Å². The lowest BCUT2D eigenvalue weighted by Gasteiger charge is -2.08. The third kappa shape index (κ3) is 3.54. The summed E-state index contributed by atoms with van der Waals surface area (Å²) in [6, 6.07) is 8.29. The highest BCUT2D eigenvalue weighted by molar-refractivity contribution is 6.30. The van der Waals surface area contributed by atoms with Crippen molar-refractivity contribution in [2.75, 3.05) is 0 Å². The van der Waals surface area contributed by atoms with Crippen LogP contribution in [0.25, 0.3) is 5.69 Å². The van der Waals surface area contributed by atoms with Crippen molar-refractivity contribution in [1.29, 1.82) is 0 Å². The van der Waals surface area contributed by atoms with Crippen LogP contribution in [0.1, 0.15) is 30.2 Å². The van der Waals surface area contributed by atoms with Gasteiger partial charge in [0.2, 0.25) is 0 Å². The molecule has 0 spiro atoms. The molecule has 2 N–H and O–H groups in total. The molecular formula is C15H21Cl2N3. The SMILES string of the molecule is CCC(N)Cc1c(C)nn(-c2ccc(C)cc2)c1Cl.Cl. The van der Waals surface area contributed by atoms with Crippen molar-refractivity contribution in [3.05, 3.63) is 46.2 Å². The number of hydrogen-bond donors (Lipinski definition) is 1. The molecule has 0 bridgehead atoms. The van der Waals surface area contributed by atoms with E-state index < -0.39 is 0 Å². The summed E-state index contributed by atoms with van der Waals surface area (Å²) in [6.07, 6.45) is 1.71. The van der Waals surface area contributed by atoms with E-state index in [2.05, 4.69) is 31.1 Å². The summed E-state index contributed by atoms with van der Waals surface area (Å²) in [5, 5.41) is 5.20.